The lowest BCUT2D eigenvalue weighted by Crippen LogP contribution is -2.52. The summed E-state index contributed by atoms with van der Waals surface area (Å²) in [7, 11) is 0. The predicted octanol–water partition coefficient (Wildman–Crippen LogP) is 3.97. The quantitative estimate of drug-likeness (QED) is 0.732. The number of aryl methyl sites for hydroxylation is 1. The van der Waals surface area contributed by atoms with Gasteiger partial charge in [0.1, 0.15) is 5.82 Å². The van der Waals surface area contributed by atoms with Crippen LogP contribution < -0.4 is 5.32 Å². The van der Waals surface area contributed by atoms with Gasteiger partial charge in [0.05, 0.1) is 12.0 Å². The maximum absolute atomic E-state index is 13.8. The molecule has 2 aliphatic rings. The van der Waals surface area contributed by atoms with Crippen molar-refractivity contribution in [1.82, 2.24) is 15.1 Å². The number of halogens is 1. The zero-order chi connectivity index (χ0) is 20.8. The Hall–Kier alpha value is -1.76. The van der Waals surface area contributed by atoms with Gasteiger partial charge >= 0.3 is 6.03 Å². The van der Waals surface area contributed by atoms with Gasteiger partial charge in [0.25, 0.3) is 0 Å². The number of nitrogens with one attached hydrogen (secondary N) is 1. The molecule has 2 fully saturated rings. The topological polar surface area (TPSA) is 52.7 Å². The fourth-order valence-corrected chi connectivity index (χ4v) is 5.04. The number of urea groups is 1. The molecule has 3 amide bonds. The SMILES string of the molecule is CCCCNC(=O)N1C[C@H](C(=O)N2CCSCC2)CC[C@H]1c1ccc(F)c(C)c1. The second-order valence-corrected chi connectivity index (χ2v) is 9.20. The zero-order valence-corrected chi connectivity index (χ0v) is 18.3. The first-order chi connectivity index (χ1) is 14.0. The molecule has 2 saturated heterocycles. The van der Waals surface area contributed by atoms with Crippen LogP contribution in [0.2, 0.25) is 0 Å². The van der Waals surface area contributed by atoms with Crippen molar-refractivity contribution in [2.75, 3.05) is 37.7 Å². The highest BCUT2D eigenvalue weighted by molar-refractivity contribution is 7.99. The third-order valence-electron chi connectivity index (χ3n) is 5.89. The van der Waals surface area contributed by atoms with Crippen molar-refractivity contribution in [3.05, 3.63) is 35.1 Å². The van der Waals surface area contributed by atoms with Crippen molar-refractivity contribution in [2.45, 2.75) is 45.6 Å². The largest absolute Gasteiger partial charge is 0.341 e. The monoisotopic (exact) mass is 421 g/mol. The van der Waals surface area contributed by atoms with Crippen molar-refractivity contribution < 1.29 is 14.0 Å². The summed E-state index contributed by atoms with van der Waals surface area (Å²) in [4.78, 5) is 29.8. The first-order valence-electron chi connectivity index (χ1n) is 10.7. The number of likely N-dealkylation sites (tertiary alicyclic amines) is 1. The minimum absolute atomic E-state index is 0.128. The summed E-state index contributed by atoms with van der Waals surface area (Å²) in [5.74, 6) is 1.74. The minimum Gasteiger partial charge on any atom is -0.341 e. The van der Waals surface area contributed by atoms with Gasteiger partial charge < -0.3 is 15.1 Å². The molecule has 0 spiro atoms. The number of unbranched alkanes of at least 4 members (excludes halogenated alkanes) is 1. The highest BCUT2D eigenvalue weighted by Crippen LogP contribution is 2.35. The van der Waals surface area contributed by atoms with E-state index in [1.54, 1.807) is 17.9 Å². The number of thioether (sulfide) groups is 1. The Morgan fingerprint density at radius 2 is 2.00 bits per heavy atom. The van der Waals surface area contributed by atoms with E-state index >= 15 is 0 Å². The molecule has 2 aliphatic heterocycles. The molecule has 5 nitrogen and oxygen atoms in total. The maximum Gasteiger partial charge on any atom is 0.317 e. The summed E-state index contributed by atoms with van der Waals surface area (Å²) < 4.78 is 13.8. The number of carbonyl (C=O) groups is 2. The van der Waals surface area contributed by atoms with Gasteiger partial charge in [-0.25, -0.2) is 9.18 Å². The van der Waals surface area contributed by atoms with Crippen LogP contribution in [-0.2, 0) is 4.79 Å². The van der Waals surface area contributed by atoms with Crippen molar-refractivity contribution >= 4 is 23.7 Å². The Bertz CT molecular complexity index is 724. The number of hydrogen-bond donors (Lipinski definition) is 1. The Kier molecular flexibility index (Phi) is 7.81. The summed E-state index contributed by atoms with van der Waals surface area (Å²) >= 11 is 1.88. The van der Waals surface area contributed by atoms with E-state index in [1.165, 1.54) is 6.07 Å². The van der Waals surface area contributed by atoms with Gasteiger partial charge in [-0.2, -0.15) is 11.8 Å². The van der Waals surface area contributed by atoms with E-state index in [0.717, 1.165) is 49.4 Å². The summed E-state index contributed by atoms with van der Waals surface area (Å²) in [6.45, 7) is 6.47. The van der Waals surface area contributed by atoms with E-state index < -0.39 is 0 Å². The molecule has 2 heterocycles. The van der Waals surface area contributed by atoms with Gasteiger partial charge in [0, 0.05) is 37.7 Å². The van der Waals surface area contributed by atoms with Crippen molar-refractivity contribution in [1.29, 1.82) is 0 Å². The van der Waals surface area contributed by atoms with Gasteiger partial charge in [0.15, 0.2) is 0 Å². The second kappa shape index (κ2) is 10.3. The number of piperidine rings is 1. The molecule has 0 radical (unpaired) electrons. The highest BCUT2D eigenvalue weighted by atomic mass is 32.2. The van der Waals surface area contributed by atoms with Crippen LogP contribution in [0.4, 0.5) is 9.18 Å². The summed E-state index contributed by atoms with van der Waals surface area (Å²) in [6, 6.07) is 4.81. The Morgan fingerprint density at radius 3 is 2.69 bits per heavy atom. The number of carbonyl (C=O) groups excluding carboxylic acids is 2. The predicted molar refractivity (Wildman–Crippen MR) is 116 cm³/mol. The summed E-state index contributed by atoms with van der Waals surface area (Å²) in [5, 5.41) is 3.00. The molecule has 1 aromatic carbocycles. The molecule has 3 rings (SSSR count). The number of nitrogens with zero attached hydrogens (tertiary/aromatic N) is 2. The van der Waals surface area contributed by atoms with E-state index in [2.05, 4.69) is 12.2 Å². The van der Waals surface area contributed by atoms with Crippen molar-refractivity contribution in [3.63, 3.8) is 0 Å². The van der Waals surface area contributed by atoms with Crippen LogP contribution in [0.25, 0.3) is 0 Å². The van der Waals surface area contributed by atoms with Crippen LogP contribution in [0.1, 0.15) is 49.8 Å². The molecule has 0 aliphatic carbocycles. The van der Waals surface area contributed by atoms with E-state index in [1.807, 2.05) is 22.7 Å². The molecule has 0 aromatic heterocycles. The van der Waals surface area contributed by atoms with E-state index in [4.69, 9.17) is 0 Å². The lowest BCUT2D eigenvalue weighted by atomic mass is 9.87. The van der Waals surface area contributed by atoms with E-state index in [9.17, 15) is 14.0 Å². The maximum atomic E-state index is 13.8. The number of benzene rings is 1. The molecule has 160 valence electrons. The number of amides is 3. The van der Waals surface area contributed by atoms with Crippen LogP contribution in [0.15, 0.2) is 18.2 Å². The van der Waals surface area contributed by atoms with Gasteiger partial charge in [-0.15, -0.1) is 0 Å². The third-order valence-corrected chi connectivity index (χ3v) is 6.83. The van der Waals surface area contributed by atoms with Crippen LogP contribution in [0.3, 0.4) is 0 Å². The average molecular weight is 422 g/mol. The molecule has 1 aromatic rings. The molecule has 7 heteroatoms. The fourth-order valence-electron chi connectivity index (χ4n) is 4.13. The second-order valence-electron chi connectivity index (χ2n) is 7.97. The van der Waals surface area contributed by atoms with Crippen molar-refractivity contribution in [3.8, 4) is 0 Å². The molecule has 2 atom stereocenters. The normalized spacial score (nSPS) is 22.4. The van der Waals surface area contributed by atoms with Crippen LogP contribution in [0, 0.1) is 18.7 Å². The van der Waals surface area contributed by atoms with Gasteiger partial charge in [-0.05, 0) is 43.4 Å². The van der Waals surface area contributed by atoms with Gasteiger partial charge in [-0.1, -0.05) is 25.5 Å². The van der Waals surface area contributed by atoms with Crippen molar-refractivity contribution in [2.24, 2.45) is 5.92 Å². The zero-order valence-electron chi connectivity index (χ0n) is 17.5. The molecule has 0 saturated carbocycles. The molecule has 1 N–H and O–H groups in total. The number of hydrogen-bond acceptors (Lipinski definition) is 3. The molecular formula is C22H32FN3O2S. The van der Waals surface area contributed by atoms with Gasteiger partial charge in [0.2, 0.25) is 5.91 Å². The van der Waals surface area contributed by atoms with E-state index in [-0.39, 0.29) is 29.7 Å². The summed E-state index contributed by atoms with van der Waals surface area (Å²) in [5.41, 5.74) is 1.52. The Morgan fingerprint density at radius 1 is 1.24 bits per heavy atom. The summed E-state index contributed by atoms with van der Waals surface area (Å²) in [6.07, 6.45) is 3.40. The van der Waals surface area contributed by atoms with Crippen LogP contribution in [-0.4, -0.2) is 59.4 Å². The molecule has 29 heavy (non-hydrogen) atoms. The third kappa shape index (κ3) is 5.44. The highest BCUT2D eigenvalue weighted by Gasteiger charge is 2.37. The Labute approximate surface area is 177 Å². The Balaban J connectivity index is 1.76. The number of rotatable bonds is 5. The minimum atomic E-state index is -0.237. The molecule has 0 bridgehead atoms. The lowest BCUT2D eigenvalue weighted by molar-refractivity contribution is -0.137. The van der Waals surface area contributed by atoms with Crippen LogP contribution >= 0.6 is 11.8 Å². The standard InChI is InChI=1S/C22H32FN3O2S/c1-3-4-9-24-22(28)26-15-18(21(27)25-10-12-29-13-11-25)6-8-20(26)17-5-7-19(23)16(2)14-17/h5,7,14,18,20H,3-4,6,8-13,15H2,1-2H3,(H,24,28)/t18-,20+/m1/s1. The first kappa shape index (κ1) is 21.9. The molecular weight excluding hydrogens is 389 g/mol. The lowest BCUT2D eigenvalue weighted by Gasteiger charge is -2.41. The molecule has 0 unspecified atom stereocenters. The van der Waals surface area contributed by atoms with Gasteiger partial charge in [-0.3, -0.25) is 4.79 Å². The fraction of sp³-hybridized carbons (Fsp3) is 0.636. The van der Waals surface area contributed by atoms with Crippen LogP contribution in [0.5, 0.6) is 0 Å². The first-order valence-corrected chi connectivity index (χ1v) is 11.8. The average Bonchev–Trinajstić information content (AvgIpc) is 2.75. The smallest absolute Gasteiger partial charge is 0.317 e. The van der Waals surface area contributed by atoms with E-state index in [0.29, 0.717) is 25.1 Å².